The van der Waals surface area contributed by atoms with Crippen molar-refractivity contribution >= 4 is 39.0 Å². The van der Waals surface area contributed by atoms with E-state index in [9.17, 15) is 18.0 Å². The van der Waals surface area contributed by atoms with Crippen LogP contribution in [0.1, 0.15) is 12.5 Å². The minimum absolute atomic E-state index is 0.00507. The third-order valence-corrected chi connectivity index (χ3v) is 7.21. The number of carbonyl (C=O) groups is 2. The molecular weight excluding hydrogens is 406 g/mol. The van der Waals surface area contributed by atoms with Crippen LogP contribution in [0.4, 0.5) is 5.69 Å². The van der Waals surface area contributed by atoms with Crippen molar-refractivity contribution in [2.24, 2.45) is 0 Å². The summed E-state index contributed by atoms with van der Waals surface area (Å²) in [6, 6.07) is 7.86. The summed E-state index contributed by atoms with van der Waals surface area (Å²) in [5.41, 5.74) is 0.867. The summed E-state index contributed by atoms with van der Waals surface area (Å²) in [4.78, 5) is 23.8. The summed E-state index contributed by atoms with van der Waals surface area (Å²) < 4.78 is 42.9. The molecule has 0 aliphatic carbocycles. The zero-order valence-corrected chi connectivity index (χ0v) is 16.9. The quantitative estimate of drug-likeness (QED) is 0.653. The number of rotatable bonds is 6. The number of ether oxygens (including phenoxy) is 3. The smallest absolute Gasteiger partial charge is 0.349 e. The van der Waals surface area contributed by atoms with E-state index in [-0.39, 0.29) is 29.5 Å². The first-order valence-corrected chi connectivity index (χ1v) is 10.8. The highest BCUT2D eigenvalue weighted by molar-refractivity contribution is 7.94. The Hall–Kier alpha value is -2.59. The lowest BCUT2D eigenvalue weighted by Gasteiger charge is -2.34. The van der Waals surface area contributed by atoms with Gasteiger partial charge in [-0.15, -0.1) is 11.3 Å². The molecule has 28 heavy (non-hydrogen) atoms. The zero-order valence-electron chi connectivity index (χ0n) is 15.3. The van der Waals surface area contributed by atoms with Crippen molar-refractivity contribution < 1.29 is 32.2 Å². The number of hydrogen-bond acceptors (Lipinski definition) is 8. The van der Waals surface area contributed by atoms with Crippen molar-refractivity contribution in [1.82, 2.24) is 0 Å². The van der Waals surface area contributed by atoms with E-state index in [0.29, 0.717) is 11.3 Å². The molecule has 1 aliphatic rings. The van der Waals surface area contributed by atoms with Gasteiger partial charge in [0.2, 0.25) is 6.10 Å². The minimum atomic E-state index is -3.88. The average Bonchev–Trinajstić information content (AvgIpc) is 3.22. The largest absolute Gasteiger partial charge is 0.475 e. The second-order valence-corrected chi connectivity index (χ2v) is 8.92. The standard InChI is InChI=1S/C18H19NO7S2/c1-3-25-18(21)15-11-19(28(22,23)17-5-4-8-27-17)13-7-6-12(9-14(13)26-15)10-16(20)24-2/h4-9,15H,3,10-11H2,1-2H3/t15-/m1/s1. The Labute approximate surface area is 166 Å². The third kappa shape index (κ3) is 3.97. The molecule has 10 heteroatoms. The molecule has 0 spiro atoms. The third-order valence-electron chi connectivity index (χ3n) is 4.06. The van der Waals surface area contributed by atoms with Crippen LogP contribution >= 0.6 is 11.3 Å². The Morgan fingerprint density at radius 2 is 2.11 bits per heavy atom. The van der Waals surface area contributed by atoms with Crippen molar-refractivity contribution in [1.29, 1.82) is 0 Å². The Balaban J connectivity index is 2.03. The Bertz CT molecular complexity index is 970. The number of methoxy groups -OCH3 is 1. The van der Waals surface area contributed by atoms with Gasteiger partial charge in [0, 0.05) is 0 Å². The van der Waals surface area contributed by atoms with Gasteiger partial charge < -0.3 is 14.2 Å². The summed E-state index contributed by atoms with van der Waals surface area (Å²) in [5.74, 6) is -0.912. The van der Waals surface area contributed by atoms with Gasteiger partial charge in [-0.25, -0.2) is 13.2 Å². The number of esters is 2. The molecule has 1 aliphatic heterocycles. The van der Waals surface area contributed by atoms with Crippen molar-refractivity contribution in [3.05, 3.63) is 41.3 Å². The van der Waals surface area contributed by atoms with E-state index in [1.807, 2.05) is 0 Å². The molecule has 1 aromatic carbocycles. The predicted octanol–water partition coefficient (Wildman–Crippen LogP) is 1.98. The van der Waals surface area contributed by atoms with Crippen molar-refractivity contribution in [2.75, 3.05) is 24.6 Å². The maximum atomic E-state index is 13.1. The number of sulfonamides is 1. The SMILES string of the molecule is CCOC(=O)[C@H]1CN(S(=O)(=O)c2cccs2)c2ccc(CC(=O)OC)cc2O1. The highest BCUT2D eigenvalue weighted by Gasteiger charge is 2.38. The van der Waals surface area contributed by atoms with E-state index >= 15 is 0 Å². The number of carbonyl (C=O) groups excluding carboxylic acids is 2. The van der Waals surface area contributed by atoms with Gasteiger partial charge in [-0.05, 0) is 36.1 Å². The first kappa shape index (κ1) is 20.2. The highest BCUT2D eigenvalue weighted by atomic mass is 32.2. The van der Waals surface area contributed by atoms with Crippen LogP contribution in [0.15, 0.2) is 39.9 Å². The van der Waals surface area contributed by atoms with Crippen LogP contribution in [0.3, 0.4) is 0 Å². The summed E-state index contributed by atoms with van der Waals surface area (Å²) in [6.45, 7) is 1.59. The fourth-order valence-electron chi connectivity index (χ4n) is 2.75. The predicted molar refractivity (Wildman–Crippen MR) is 102 cm³/mol. The molecule has 1 atom stereocenters. The lowest BCUT2D eigenvalue weighted by Crippen LogP contribution is -2.47. The minimum Gasteiger partial charge on any atom is -0.475 e. The second kappa shape index (κ2) is 8.19. The van der Waals surface area contributed by atoms with Gasteiger partial charge in [-0.2, -0.15) is 0 Å². The summed E-state index contributed by atoms with van der Waals surface area (Å²) in [5, 5.41) is 1.66. The summed E-state index contributed by atoms with van der Waals surface area (Å²) >= 11 is 1.08. The molecule has 2 heterocycles. The Morgan fingerprint density at radius 1 is 1.32 bits per heavy atom. The fourth-order valence-corrected chi connectivity index (χ4v) is 5.33. The van der Waals surface area contributed by atoms with E-state index in [0.717, 1.165) is 15.6 Å². The lowest BCUT2D eigenvalue weighted by atomic mass is 10.1. The van der Waals surface area contributed by atoms with E-state index in [2.05, 4.69) is 4.74 Å². The van der Waals surface area contributed by atoms with Crippen molar-refractivity contribution in [3.8, 4) is 5.75 Å². The summed E-state index contributed by atoms with van der Waals surface area (Å²) in [6.07, 6.45) is -1.12. The van der Waals surface area contributed by atoms with Crippen LogP contribution in [-0.2, 0) is 35.5 Å². The summed E-state index contributed by atoms with van der Waals surface area (Å²) in [7, 11) is -2.60. The van der Waals surface area contributed by atoms with Gasteiger partial charge in [0.25, 0.3) is 10.0 Å². The molecule has 2 aromatic rings. The van der Waals surface area contributed by atoms with Gasteiger partial charge in [-0.3, -0.25) is 9.10 Å². The molecule has 3 rings (SSSR count). The first-order valence-electron chi connectivity index (χ1n) is 8.46. The van der Waals surface area contributed by atoms with Gasteiger partial charge in [0.1, 0.15) is 9.96 Å². The number of hydrogen-bond donors (Lipinski definition) is 0. The molecule has 0 bridgehead atoms. The number of nitrogens with zero attached hydrogens (tertiary/aromatic N) is 1. The normalized spacial score (nSPS) is 16.1. The van der Waals surface area contributed by atoms with Gasteiger partial charge in [0.05, 0.1) is 32.4 Å². The Morgan fingerprint density at radius 3 is 2.75 bits per heavy atom. The van der Waals surface area contributed by atoms with Crippen molar-refractivity contribution in [2.45, 2.75) is 23.7 Å². The zero-order chi connectivity index (χ0) is 20.3. The van der Waals surface area contributed by atoms with Crippen LogP contribution in [0.2, 0.25) is 0 Å². The number of fused-ring (bicyclic) bond motifs is 1. The van der Waals surface area contributed by atoms with Gasteiger partial charge >= 0.3 is 11.9 Å². The maximum Gasteiger partial charge on any atom is 0.349 e. The number of thiophene rings is 1. The second-order valence-electron chi connectivity index (χ2n) is 5.88. The molecule has 0 fully saturated rings. The van der Waals surface area contributed by atoms with E-state index in [4.69, 9.17) is 9.47 Å². The molecule has 0 saturated carbocycles. The molecule has 0 saturated heterocycles. The van der Waals surface area contributed by atoms with E-state index in [1.165, 1.54) is 19.2 Å². The molecule has 1 aromatic heterocycles. The molecule has 0 N–H and O–H groups in total. The van der Waals surface area contributed by atoms with Crippen LogP contribution in [0.25, 0.3) is 0 Å². The maximum absolute atomic E-state index is 13.1. The fraction of sp³-hybridized carbons (Fsp3) is 0.333. The lowest BCUT2D eigenvalue weighted by molar-refractivity contribution is -0.151. The van der Waals surface area contributed by atoms with Crippen LogP contribution in [0, 0.1) is 0 Å². The number of anilines is 1. The van der Waals surface area contributed by atoms with E-state index in [1.54, 1.807) is 30.5 Å². The molecule has 0 amide bonds. The molecular formula is C18H19NO7S2. The first-order chi connectivity index (χ1) is 13.4. The average molecular weight is 425 g/mol. The molecule has 0 unspecified atom stereocenters. The van der Waals surface area contributed by atoms with Crippen LogP contribution < -0.4 is 9.04 Å². The van der Waals surface area contributed by atoms with Crippen molar-refractivity contribution in [3.63, 3.8) is 0 Å². The Kier molecular flexibility index (Phi) is 5.90. The molecule has 150 valence electrons. The topological polar surface area (TPSA) is 99.2 Å². The molecule has 8 nitrogen and oxygen atoms in total. The number of benzene rings is 1. The molecule has 0 radical (unpaired) electrons. The van der Waals surface area contributed by atoms with Crippen LogP contribution in [0.5, 0.6) is 5.75 Å². The van der Waals surface area contributed by atoms with Gasteiger partial charge in [0.15, 0.2) is 0 Å². The highest BCUT2D eigenvalue weighted by Crippen LogP contribution is 2.38. The van der Waals surface area contributed by atoms with Gasteiger partial charge in [-0.1, -0.05) is 12.1 Å². The monoisotopic (exact) mass is 425 g/mol. The van der Waals surface area contributed by atoms with E-state index < -0.39 is 28.1 Å². The van der Waals surface area contributed by atoms with Crippen LogP contribution in [-0.4, -0.2) is 46.7 Å².